The molecule has 1 aromatic rings. The summed E-state index contributed by atoms with van der Waals surface area (Å²) < 4.78 is 5.79. The number of halogens is 1. The van der Waals surface area contributed by atoms with Crippen LogP contribution in [0.15, 0.2) is 24.3 Å². The minimum atomic E-state index is -0.0616. The van der Waals surface area contributed by atoms with E-state index in [9.17, 15) is 4.79 Å². The highest BCUT2D eigenvalue weighted by Crippen LogP contribution is 2.22. The summed E-state index contributed by atoms with van der Waals surface area (Å²) in [4.78, 5) is 13.9. The van der Waals surface area contributed by atoms with Gasteiger partial charge in [0.15, 0.2) is 5.05 Å². The normalized spacial score (nSPS) is 13.3. The Hall–Kier alpha value is -0.780. The van der Waals surface area contributed by atoms with Crippen molar-refractivity contribution in [1.82, 2.24) is 4.90 Å². The van der Waals surface area contributed by atoms with Gasteiger partial charge in [0.1, 0.15) is 0 Å². The molecule has 0 radical (unpaired) electrons. The van der Waals surface area contributed by atoms with Gasteiger partial charge in [-0.25, -0.2) is 0 Å². The van der Waals surface area contributed by atoms with Crippen LogP contribution in [0.5, 0.6) is 0 Å². The van der Waals surface area contributed by atoms with Crippen molar-refractivity contribution in [2.75, 3.05) is 13.1 Å². The summed E-state index contributed by atoms with van der Waals surface area (Å²) in [6, 6.07) is 7.32. The lowest BCUT2D eigenvalue weighted by Crippen LogP contribution is -2.28. The van der Waals surface area contributed by atoms with Gasteiger partial charge >= 0.3 is 0 Å². The Balaban J connectivity index is 2.48. The van der Waals surface area contributed by atoms with Crippen LogP contribution >= 0.6 is 35.6 Å². The average molecular weight is 374 g/mol. The predicted octanol–water partition coefficient (Wildman–Crippen LogP) is 5.39. The first-order valence-electron chi connectivity index (χ1n) is 7.79. The van der Waals surface area contributed by atoms with Crippen molar-refractivity contribution >= 4 is 45.9 Å². The third kappa shape index (κ3) is 7.10. The third-order valence-corrected chi connectivity index (χ3v) is 4.98. The molecule has 1 aromatic carbocycles. The Morgan fingerprint density at radius 1 is 1.35 bits per heavy atom. The van der Waals surface area contributed by atoms with E-state index >= 15 is 0 Å². The van der Waals surface area contributed by atoms with E-state index < -0.39 is 0 Å². The molecule has 2 unspecified atom stereocenters. The fourth-order valence-corrected chi connectivity index (χ4v) is 3.76. The number of nitrogens with zero attached hydrogens (tertiary/aromatic N) is 1. The summed E-state index contributed by atoms with van der Waals surface area (Å²) in [5.74, 6) is 0. The quantitative estimate of drug-likeness (QED) is 0.599. The molecule has 6 heteroatoms. The van der Waals surface area contributed by atoms with E-state index in [2.05, 4.69) is 0 Å². The summed E-state index contributed by atoms with van der Waals surface area (Å²) in [5.41, 5.74) is 0.805. The van der Waals surface area contributed by atoms with E-state index in [1.165, 1.54) is 11.8 Å². The molecule has 0 saturated carbocycles. The largest absolute Gasteiger partial charge is 0.480 e. The molecule has 0 aliphatic carbocycles. The standard InChI is InChI=1S/C17H24ClNO2S2/c1-5-19(6-2)17(20)23-13(4)10-12(3)21-16(22)14-8-7-9-15(18)11-14/h7-9,11-13H,5-6,10H2,1-4H3. The third-order valence-electron chi connectivity index (χ3n) is 3.36. The zero-order valence-electron chi connectivity index (χ0n) is 14.0. The Kier molecular flexibility index (Phi) is 8.95. The van der Waals surface area contributed by atoms with E-state index in [1.54, 1.807) is 12.1 Å². The van der Waals surface area contributed by atoms with Crippen molar-refractivity contribution in [3.8, 4) is 0 Å². The average Bonchev–Trinajstić information content (AvgIpc) is 2.47. The smallest absolute Gasteiger partial charge is 0.281 e. The van der Waals surface area contributed by atoms with Crippen LogP contribution in [0.3, 0.4) is 0 Å². The summed E-state index contributed by atoms with van der Waals surface area (Å²) in [6.07, 6.45) is 0.687. The predicted molar refractivity (Wildman–Crippen MR) is 104 cm³/mol. The number of carbonyl (C=O) groups is 1. The van der Waals surface area contributed by atoms with Gasteiger partial charge in [-0.3, -0.25) is 4.79 Å². The van der Waals surface area contributed by atoms with Gasteiger partial charge in [-0.15, -0.1) is 0 Å². The molecule has 0 aromatic heterocycles. The van der Waals surface area contributed by atoms with Crippen LogP contribution < -0.4 is 0 Å². The molecule has 1 rings (SSSR count). The molecule has 2 atom stereocenters. The number of thiocarbonyl (C=S) groups is 1. The monoisotopic (exact) mass is 373 g/mol. The molecule has 23 heavy (non-hydrogen) atoms. The zero-order valence-corrected chi connectivity index (χ0v) is 16.4. The van der Waals surface area contributed by atoms with Crippen LogP contribution in [0.1, 0.15) is 39.7 Å². The van der Waals surface area contributed by atoms with Gasteiger partial charge in [0.25, 0.3) is 5.24 Å². The molecule has 1 amide bonds. The molecule has 0 N–H and O–H groups in total. The Morgan fingerprint density at radius 2 is 2.00 bits per heavy atom. The van der Waals surface area contributed by atoms with Crippen molar-refractivity contribution in [2.45, 2.75) is 45.5 Å². The van der Waals surface area contributed by atoms with E-state index in [0.29, 0.717) is 10.1 Å². The summed E-state index contributed by atoms with van der Waals surface area (Å²) in [7, 11) is 0. The molecule has 0 aliphatic heterocycles. The molecule has 0 bridgehead atoms. The number of benzene rings is 1. The number of ether oxygens (including phenoxy) is 1. The Morgan fingerprint density at radius 3 is 2.57 bits per heavy atom. The van der Waals surface area contributed by atoms with Gasteiger partial charge in [-0.1, -0.05) is 42.4 Å². The highest BCUT2D eigenvalue weighted by molar-refractivity contribution is 8.14. The van der Waals surface area contributed by atoms with Gasteiger partial charge in [0, 0.05) is 28.9 Å². The van der Waals surface area contributed by atoms with Gasteiger partial charge in [0.2, 0.25) is 0 Å². The molecular formula is C17H24ClNO2S2. The van der Waals surface area contributed by atoms with Crippen LogP contribution in [-0.4, -0.2) is 39.6 Å². The lowest BCUT2D eigenvalue weighted by Gasteiger charge is -2.22. The second-order valence-electron chi connectivity index (χ2n) is 5.33. The van der Waals surface area contributed by atoms with Crippen LogP contribution in [0.25, 0.3) is 0 Å². The van der Waals surface area contributed by atoms with Gasteiger partial charge in [0.05, 0.1) is 6.10 Å². The second-order valence-corrected chi connectivity index (χ2v) is 7.53. The molecule has 0 aliphatic rings. The first-order valence-corrected chi connectivity index (χ1v) is 9.46. The fourth-order valence-electron chi connectivity index (χ4n) is 2.16. The van der Waals surface area contributed by atoms with E-state index in [-0.39, 0.29) is 16.6 Å². The minimum absolute atomic E-state index is 0.0616. The first kappa shape index (κ1) is 20.3. The SMILES string of the molecule is CCN(CC)C(=O)SC(C)CC(C)OC(=S)c1cccc(Cl)c1. The molecular weight excluding hydrogens is 350 g/mol. The zero-order chi connectivity index (χ0) is 17.4. The highest BCUT2D eigenvalue weighted by atomic mass is 35.5. The second kappa shape index (κ2) is 10.2. The van der Waals surface area contributed by atoms with Crippen molar-refractivity contribution < 1.29 is 9.53 Å². The highest BCUT2D eigenvalue weighted by Gasteiger charge is 2.18. The molecule has 3 nitrogen and oxygen atoms in total. The summed E-state index contributed by atoms with van der Waals surface area (Å²) in [6.45, 7) is 9.45. The number of hydrogen-bond donors (Lipinski definition) is 0. The Bertz CT molecular complexity index is 535. The van der Waals surface area contributed by atoms with E-state index in [0.717, 1.165) is 25.1 Å². The van der Waals surface area contributed by atoms with Crippen molar-refractivity contribution in [3.63, 3.8) is 0 Å². The Labute approximate surface area is 153 Å². The number of amides is 1. The maximum Gasteiger partial charge on any atom is 0.281 e. The summed E-state index contributed by atoms with van der Waals surface area (Å²) >= 11 is 12.6. The lowest BCUT2D eigenvalue weighted by atomic mass is 10.2. The molecule has 0 saturated heterocycles. The number of thioether (sulfide) groups is 1. The van der Waals surface area contributed by atoms with Gasteiger partial charge < -0.3 is 9.64 Å². The summed E-state index contributed by atoms with van der Waals surface area (Å²) in [5, 5.41) is 1.36. The van der Waals surface area contributed by atoms with Gasteiger partial charge in [-0.2, -0.15) is 0 Å². The molecule has 0 spiro atoms. The lowest BCUT2D eigenvalue weighted by molar-refractivity contribution is 0.205. The minimum Gasteiger partial charge on any atom is -0.480 e. The van der Waals surface area contributed by atoms with Crippen LogP contribution in [0.2, 0.25) is 5.02 Å². The fraction of sp³-hybridized carbons (Fsp3) is 0.529. The van der Waals surface area contributed by atoms with Gasteiger partial charge in [-0.05, 0) is 51.5 Å². The molecule has 0 fully saturated rings. The molecule has 128 valence electrons. The maximum atomic E-state index is 12.1. The van der Waals surface area contributed by atoms with Crippen LogP contribution in [-0.2, 0) is 4.74 Å². The van der Waals surface area contributed by atoms with E-state index in [4.69, 9.17) is 28.6 Å². The van der Waals surface area contributed by atoms with E-state index in [1.807, 2.05) is 44.7 Å². The van der Waals surface area contributed by atoms with Crippen molar-refractivity contribution in [3.05, 3.63) is 34.9 Å². The first-order chi connectivity index (χ1) is 10.9. The maximum absolute atomic E-state index is 12.1. The topological polar surface area (TPSA) is 29.5 Å². The van der Waals surface area contributed by atoms with Crippen LogP contribution in [0, 0.1) is 0 Å². The number of hydrogen-bond acceptors (Lipinski definition) is 4. The van der Waals surface area contributed by atoms with Crippen LogP contribution in [0.4, 0.5) is 4.79 Å². The number of rotatable bonds is 7. The van der Waals surface area contributed by atoms with Crippen molar-refractivity contribution in [2.24, 2.45) is 0 Å². The number of carbonyl (C=O) groups excluding carboxylic acids is 1. The molecule has 0 heterocycles. The van der Waals surface area contributed by atoms with Crippen molar-refractivity contribution in [1.29, 1.82) is 0 Å².